The third-order valence-electron chi connectivity index (χ3n) is 5.46. The fourth-order valence-electron chi connectivity index (χ4n) is 3.94. The predicted molar refractivity (Wildman–Crippen MR) is 123 cm³/mol. The van der Waals surface area contributed by atoms with Crippen molar-refractivity contribution in [3.8, 4) is 5.69 Å². The highest BCUT2D eigenvalue weighted by atomic mass is 35.5. The van der Waals surface area contributed by atoms with Crippen molar-refractivity contribution < 1.29 is 8.78 Å². The molecule has 0 aliphatic heterocycles. The van der Waals surface area contributed by atoms with Gasteiger partial charge in [0.05, 0.1) is 11.1 Å². The molecule has 158 valence electrons. The van der Waals surface area contributed by atoms with Crippen LogP contribution in [0.2, 0.25) is 5.02 Å². The standard InChI is InChI=1S/C23H17ClF2N2OS2/c24-15-7-5-9-16(25)14(15)12-30-23-27-21-20(13-6-1-4-11-19(13)31-21)22(29)28(23)18-10-3-2-8-17(18)26/h2-3,5,7-10H,1,4,6,11-12H2. The molecule has 2 aromatic carbocycles. The number of fused-ring (bicyclic) bond motifs is 3. The van der Waals surface area contributed by atoms with Gasteiger partial charge in [0.2, 0.25) is 0 Å². The molecule has 2 heterocycles. The molecule has 0 N–H and O–H groups in total. The maximum atomic E-state index is 14.7. The van der Waals surface area contributed by atoms with Crippen LogP contribution < -0.4 is 5.56 Å². The first kappa shape index (κ1) is 20.7. The lowest BCUT2D eigenvalue weighted by Gasteiger charge is -2.14. The van der Waals surface area contributed by atoms with Crippen LogP contribution in [0.1, 0.15) is 28.8 Å². The van der Waals surface area contributed by atoms with Gasteiger partial charge in [-0.1, -0.05) is 41.6 Å². The summed E-state index contributed by atoms with van der Waals surface area (Å²) in [6, 6.07) is 10.6. The van der Waals surface area contributed by atoms with Crippen LogP contribution in [0.5, 0.6) is 0 Å². The van der Waals surface area contributed by atoms with Crippen molar-refractivity contribution >= 4 is 44.9 Å². The number of para-hydroxylation sites is 1. The summed E-state index contributed by atoms with van der Waals surface area (Å²) < 4.78 is 30.3. The quantitative estimate of drug-likeness (QED) is 0.248. The van der Waals surface area contributed by atoms with E-state index in [1.807, 2.05) is 0 Å². The molecule has 0 atom stereocenters. The number of benzene rings is 2. The van der Waals surface area contributed by atoms with Gasteiger partial charge in [0.15, 0.2) is 5.16 Å². The zero-order chi connectivity index (χ0) is 21.5. The minimum absolute atomic E-state index is 0.139. The van der Waals surface area contributed by atoms with Crippen molar-refractivity contribution in [3.63, 3.8) is 0 Å². The van der Waals surface area contributed by atoms with E-state index in [0.29, 0.717) is 26.0 Å². The highest BCUT2D eigenvalue weighted by molar-refractivity contribution is 7.98. The smallest absolute Gasteiger partial charge is 0.267 e. The third-order valence-corrected chi connectivity index (χ3v) is 7.96. The molecular weight excluding hydrogens is 458 g/mol. The molecule has 5 rings (SSSR count). The normalized spacial score (nSPS) is 13.5. The summed E-state index contributed by atoms with van der Waals surface area (Å²) >= 11 is 8.88. The lowest BCUT2D eigenvalue weighted by Crippen LogP contribution is -2.23. The second kappa shape index (κ2) is 8.37. The van der Waals surface area contributed by atoms with Crippen LogP contribution >= 0.6 is 34.7 Å². The van der Waals surface area contributed by atoms with Gasteiger partial charge < -0.3 is 0 Å². The average molecular weight is 475 g/mol. The Morgan fingerprint density at radius 1 is 1.06 bits per heavy atom. The number of thioether (sulfide) groups is 1. The number of hydrogen-bond acceptors (Lipinski definition) is 4. The number of hydrogen-bond donors (Lipinski definition) is 0. The molecule has 4 aromatic rings. The van der Waals surface area contributed by atoms with Crippen LogP contribution in [0.25, 0.3) is 15.9 Å². The monoisotopic (exact) mass is 474 g/mol. The van der Waals surface area contributed by atoms with E-state index in [-0.39, 0.29) is 17.0 Å². The predicted octanol–water partition coefficient (Wildman–Crippen LogP) is 6.55. The van der Waals surface area contributed by atoms with E-state index in [1.165, 1.54) is 44.7 Å². The molecule has 1 aliphatic rings. The van der Waals surface area contributed by atoms with Crippen molar-refractivity contribution in [2.75, 3.05) is 0 Å². The van der Waals surface area contributed by atoms with E-state index in [9.17, 15) is 13.6 Å². The molecule has 1 aliphatic carbocycles. The average Bonchev–Trinajstić information content (AvgIpc) is 3.13. The van der Waals surface area contributed by atoms with Crippen molar-refractivity contribution in [2.45, 2.75) is 36.6 Å². The Hall–Kier alpha value is -2.22. The summed E-state index contributed by atoms with van der Waals surface area (Å²) in [5.74, 6) is -0.767. The molecule has 8 heteroatoms. The van der Waals surface area contributed by atoms with Gasteiger partial charge in [-0.15, -0.1) is 11.3 Å². The van der Waals surface area contributed by atoms with Crippen LogP contribution in [-0.4, -0.2) is 9.55 Å². The first-order valence-electron chi connectivity index (χ1n) is 9.92. The molecule has 2 aromatic heterocycles. The van der Waals surface area contributed by atoms with Gasteiger partial charge >= 0.3 is 0 Å². The number of aryl methyl sites for hydroxylation is 2. The van der Waals surface area contributed by atoms with Crippen LogP contribution in [-0.2, 0) is 18.6 Å². The van der Waals surface area contributed by atoms with Gasteiger partial charge in [-0.25, -0.2) is 13.8 Å². The van der Waals surface area contributed by atoms with E-state index in [4.69, 9.17) is 16.6 Å². The van der Waals surface area contributed by atoms with Crippen molar-refractivity contribution in [2.24, 2.45) is 0 Å². The fraction of sp³-hybridized carbons (Fsp3) is 0.217. The van der Waals surface area contributed by atoms with Crippen LogP contribution in [0.3, 0.4) is 0 Å². The molecule has 0 radical (unpaired) electrons. The van der Waals surface area contributed by atoms with E-state index < -0.39 is 11.6 Å². The highest BCUT2D eigenvalue weighted by Crippen LogP contribution is 2.36. The zero-order valence-corrected chi connectivity index (χ0v) is 18.7. The fourth-order valence-corrected chi connectivity index (χ4v) is 6.59. The first-order valence-corrected chi connectivity index (χ1v) is 12.1. The second-order valence-corrected chi connectivity index (χ2v) is 9.80. The minimum atomic E-state index is -0.513. The Bertz CT molecular complexity index is 1350. The summed E-state index contributed by atoms with van der Waals surface area (Å²) in [5, 5.41) is 1.21. The van der Waals surface area contributed by atoms with E-state index in [2.05, 4.69) is 0 Å². The third kappa shape index (κ3) is 3.69. The molecule has 0 saturated carbocycles. The zero-order valence-electron chi connectivity index (χ0n) is 16.3. The molecular formula is C23H17ClF2N2OS2. The van der Waals surface area contributed by atoms with Gasteiger partial charge in [-0.2, -0.15) is 0 Å². The Morgan fingerprint density at radius 2 is 1.84 bits per heavy atom. The van der Waals surface area contributed by atoms with E-state index in [0.717, 1.165) is 31.2 Å². The number of rotatable bonds is 4. The Morgan fingerprint density at radius 3 is 2.65 bits per heavy atom. The number of aromatic nitrogens is 2. The van der Waals surface area contributed by atoms with Crippen LogP contribution in [0.4, 0.5) is 8.78 Å². The molecule has 0 unspecified atom stereocenters. The molecule has 31 heavy (non-hydrogen) atoms. The van der Waals surface area contributed by atoms with Gasteiger partial charge in [0.25, 0.3) is 5.56 Å². The van der Waals surface area contributed by atoms with Crippen molar-refractivity contribution in [1.29, 1.82) is 0 Å². The van der Waals surface area contributed by atoms with Crippen LogP contribution in [0, 0.1) is 11.6 Å². The summed E-state index contributed by atoms with van der Waals surface area (Å²) in [6.07, 6.45) is 3.89. The topological polar surface area (TPSA) is 34.9 Å². The van der Waals surface area contributed by atoms with Gasteiger partial charge in [0, 0.05) is 21.2 Å². The molecule has 3 nitrogen and oxygen atoms in total. The lowest BCUT2D eigenvalue weighted by molar-refractivity contribution is 0.607. The Balaban J connectivity index is 1.70. The molecule has 0 amide bonds. The van der Waals surface area contributed by atoms with Crippen LogP contribution in [0.15, 0.2) is 52.4 Å². The largest absolute Gasteiger partial charge is 0.268 e. The van der Waals surface area contributed by atoms with Gasteiger partial charge in [0.1, 0.15) is 16.5 Å². The number of nitrogens with zero attached hydrogens (tertiary/aromatic N) is 2. The van der Waals surface area contributed by atoms with Gasteiger partial charge in [-0.05, 0) is 55.5 Å². The summed E-state index contributed by atoms with van der Waals surface area (Å²) in [4.78, 5) is 20.2. The van der Waals surface area contributed by atoms with E-state index >= 15 is 0 Å². The molecule has 0 fully saturated rings. The maximum Gasteiger partial charge on any atom is 0.267 e. The van der Waals surface area contributed by atoms with E-state index in [1.54, 1.807) is 30.3 Å². The first-order chi connectivity index (χ1) is 15.0. The highest BCUT2D eigenvalue weighted by Gasteiger charge is 2.24. The lowest BCUT2D eigenvalue weighted by atomic mass is 9.97. The summed E-state index contributed by atoms with van der Waals surface area (Å²) in [5.41, 5.74) is 1.23. The Kier molecular flexibility index (Phi) is 5.58. The summed E-state index contributed by atoms with van der Waals surface area (Å²) in [7, 11) is 0. The molecule has 0 bridgehead atoms. The summed E-state index contributed by atoms with van der Waals surface area (Å²) in [6.45, 7) is 0. The second-order valence-electron chi connectivity index (χ2n) is 7.37. The number of halogens is 3. The molecule has 0 spiro atoms. The maximum absolute atomic E-state index is 14.7. The number of thiophene rings is 1. The molecule has 0 saturated heterocycles. The SMILES string of the molecule is O=c1c2c3c(sc2nc(SCc2c(F)cccc2Cl)n1-c1ccccc1F)CCCC3. The minimum Gasteiger partial charge on any atom is -0.268 e. The Labute approximate surface area is 190 Å². The van der Waals surface area contributed by atoms with Gasteiger partial charge in [-0.3, -0.25) is 9.36 Å². The van der Waals surface area contributed by atoms with Crippen molar-refractivity contribution in [1.82, 2.24) is 9.55 Å². The van der Waals surface area contributed by atoms with Crippen molar-refractivity contribution in [3.05, 3.63) is 85.5 Å².